The molecule has 0 atom stereocenters. The normalized spacial score (nSPS) is 10.4. The van der Waals surface area contributed by atoms with Crippen LogP contribution < -0.4 is 5.43 Å². The Morgan fingerprint density at radius 1 is 0.900 bits per heavy atom. The van der Waals surface area contributed by atoms with Gasteiger partial charge in [0.15, 0.2) is 0 Å². The smallest absolute Gasteiger partial charge is 0.263 e. The molecule has 0 aliphatic rings. The van der Waals surface area contributed by atoms with E-state index in [1.807, 2.05) is 60.7 Å². The largest absolute Gasteiger partial charge is 0.271 e. The Morgan fingerprint density at radius 2 is 1.50 bits per heavy atom. The van der Waals surface area contributed by atoms with Gasteiger partial charge in [-0.15, -0.1) is 10.2 Å². The molecule has 8 heteroatoms. The minimum Gasteiger partial charge on any atom is -0.271 e. The molecular formula is C22H17FN6O. The van der Waals surface area contributed by atoms with Crippen molar-refractivity contribution in [3.63, 3.8) is 0 Å². The van der Waals surface area contributed by atoms with Crippen LogP contribution in [0.25, 0.3) is 11.4 Å². The molecule has 0 radical (unpaired) electrons. The second kappa shape index (κ2) is 8.87. The van der Waals surface area contributed by atoms with Crippen molar-refractivity contribution in [1.82, 2.24) is 25.6 Å². The molecule has 4 aromatic rings. The van der Waals surface area contributed by atoms with Gasteiger partial charge in [0.2, 0.25) is 5.82 Å². The maximum absolute atomic E-state index is 13.0. The highest BCUT2D eigenvalue weighted by Crippen LogP contribution is 2.13. The lowest BCUT2D eigenvalue weighted by Crippen LogP contribution is -2.26. The second-order valence-electron chi connectivity index (χ2n) is 6.38. The number of carbonyl (C=O) groups is 1. The Labute approximate surface area is 171 Å². The van der Waals surface area contributed by atoms with E-state index in [0.717, 1.165) is 15.9 Å². The van der Waals surface area contributed by atoms with Gasteiger partial charge in [-0.3, -0.25) is 4.79 Å². The number of halogens is 1. The summed E-state index contributed by atoms with van der Waals surface area (Å²) in [4.78, 5) is 13.5. The molecular weight excluding hydrogens is 383 g/mol. The molecule has 0 unspecified atom stereocenters. The highest BCUT2D eigenvalue weighted by atomic mass is 19.1. The highest BCUT2D eigenvalue weighted by molar-refractivity contribution is 6.13. The van der Waals surface area contributed by atoms with Crippen molar-refractivity contribution in [3.8, 4) is 11.4 Å². The van der Waals surface area contributed by atoms with Gasteiger partial charge < -0.3 is 0 Å². The summed E-state index contributed by atoms with van der Waals surface area (Å²) in [6, 6.07) is 24.9. The van der Waals surface area contributed by atoms with Gasteiger partial charge in [-0.1, -0.05) is 60.7 Å². The third-order valence-corrected chi connectivity index (χ3v) is 4.23. The first kappa shape index (κ1) is 19.1. The van der Waals surface area contributed by atoms with Gasteiger partial charge in [-0.2, -0.15) is 9.90 Å². The number of benzene rings is 3. The van der Waals surface area contributed by atoms with Crippen molar-refractivity contribution in [2.24, 2.45) is 5.10 Å². The third kappa shape index (κ3) is 4.61. The first-order valence-electron chi connectivity index (χ1n) is 9.20. The van der Waals surface area contributed by atoms with E-state index in [2.05, 4.69) is 25.9 Å². The van der Waals surface area contributed by atoms with E-state index >= 15 is 0 Å². The zero-order chi connectivity index (χ0) is 20.8. The number of nitrogens with one attached hydrogen (secondary N) is 1. The van der Waals surface area contributed by atoms with Crippen LogP contribution in [-0.4, -0.2) is 31.8 Å². The number of aromatic nitrogens is 4. The summed E-state index contributed by atoms with van der Waals surface area (Å²) >= 11 is 0. The van der Waals surface area contributed by atoms with Crippen molar-refractivity contribution in [3.05, 3.63) is 102 Å². The lowest BCUT2D eigenvalue weighted by Gasteiger charge is -2.07. The summed E-state index contributed by atoms with van der Waals surface area (Å²) in [5, 5.41) is 16.3. The molecule has 0 aliphatic heterocycles. The van der Waals surface area contributed by atoms with E-state index in [-0.39, 0.29) is 12.4 Å². The average Bonchev–Trinajstić information content (AvgIpc) is 3.24. The molecule has 0 fully saturated rings. The van der Waals surface area contributed by atoms with Crippen molar-refractivity contribution >= 4 is 11.6 Å². The predicted molar refractivity (Wildman–Crippen MR) is 110 cm³/mol. The Balaban J connectivity index is 1.48. The van der Waals surface area contributed by atoms with E-state index in [1.54, 1.807) is 12.1 Å². The SMILES string of the molecule is O=C(Cn1nnc(-c2ccc(F)cc2)n1)NN=C(c1ccccc1)c1ccccc1. The first-order valence-corrected chi connectivity index (χ1v) is 9.20. The van der Waals surface area contributed by atoms with Crippen LogP contribution in [0.2, 0.25) is 0 Å². The van der Waals surface area contributed by atoms with Gasteiger partial charge in [0.05, 0.1) is 5.71 Å². The molecule has 148 valence electrons. The fourth-order valence-corrected chi connectivity index (χ4v) is 2.79. The summed E-state index contributed by atoms with van der Waals surface area (Å²) in [7, 11) is 0. The molecule has 0 saturated heterocycles. The molecule has 1 aromatic heterocycles. The molecule has 3 aromatic carbocycles. The lowest BCUT2D eigenvalue weighted by molar-refractivity contribution is -0.122. The fourth-order valence-electron chi connectivity index (χ4n) is 2.79. The summed E-state index contributed by atoms with van der Waals surface area (Å²) in [5.41, 5.74) is 5.56. The topological polar surface area (TPSA) is 85.1 Å². The summed E-state index contributed by atoms with van der Waals surface area (Å²) in [6.45, 7) is -0.158. The van der Waals surface area contributed by atoms with Crippen LogP contribution in [0, 0.1) is 5.82 Å². The van der Waals surface area contributed by atoms with Gasteiger partial charge in [0.1, 0.15) is 12.4 Å². The molecule has 0 bridgehead atoms. The zero-order valence-electron chi connectivity index (χ0n) is 15.8. The molecule has 0 saturated carbocycles. The lowest BCUT2D eigenvalue weighted by atomic mass is 10.0. The van der Waals surface area contributed by atoms with Crippen LogP contribution in [0.4, 0.5) is 4.39 Å². The highest BCUT2D eigenvalue weighted by Gasteiger charge is 2.11. The summed E-state index contributed by atoms with van der Waals surface area (Å²) in [6.07, 6.45) is 0. The maximum atomic E-state index is 13.0. The molecule has 1 amide bonds. The molecule has 1 N–H and O–H groups in total. The van der Waals surface area contributed by atoms with E-state index < -0.39 is 5.91 Å². The van der Waals surface area contributed by atoms with Gasteiger partial charge >= 0.3 is 0 Å². The van der Waals surface area contributed by atoms with Crippen LogP contribution in [0.15, 0.2) is 90.0 Å². The average molecular weight is 400 g/mol. The number of hydrogen-bond acceptors (Lipinski definition) is 5. The minimum absolute atomic E-state index is 0.158. The molecule has 4 rings (SSSR count). The molecule has 0 aliphatic carbocycles. The van der Waals surface area contributed by atoms with E-state index in [4.69, 9.17) is 0 Å². The number of nitrogens with zero attached hydrogens (tertiary/aromatic N) is 5. The monoisotopic (exact) mass is 400 g/mol. The quantitative estimate of drug-likeness (QED) is 0.398. The molecule has 30 heavy (non-hydrogen) atoms. The number of rotatable bonds is 6. The van der Waals surface area contributed by atoms with Crippen LogP contribution in [0.3, 0.4) is 0 Å². The van der Waals surface area contributed by atoms with Crippen LogP contribution in [0.1, 0.15) is 11.1 Å². The van der Waals surface area contributed by atoms with E-state index in [9.17, 15) is 9.18 Å². The Hall–Kier alpha value is -4.20. The number of hydrazone groups is 1. The molecule has 7 nitrogen and oxygen atoms in total. The van der Waals surface area contributed by atoms with Crippen molar-refractivity contribution < 1.29 is 9.18 Å². The van der Waals surface area contributed by atoms with Crippen molar-refractivity contribution in [1.29, 1.82) is 0 Å². The van der Waals surface area contributed by atoms with Crippen LogP contribution >= 0.6 is 0 Å². The molecule has 0 spiro atoms. The Bertz CT molecular complexity index is 1120. The van der Waals surface area contributed by atoms with Gasteiger partial charge in [0.25, 0.3) is 5.91 Å². The minimum atomic E-state index is -0.401. The maximum Gasteiger partial charge on any atom is 0.263 e. The zero-order valence-corrected chi connectivity index (χ0v) is 15.8. The standard InChI is InChI=1S/C22H17FN6O/c23-19-13-11-18(12-14-19)22-26-28-29(27-22)15-20(30)24-25-21(16-7-3-1-4-8-16)17-9-5-2-6-10-17/h1-14H,15H2,(H,24,30). The van der Waals surface area contributed by atoms with E-state index in [0.29, 0.717) is 17.1 Å². The number of carbonyl (C=O) groups excluding carboxylic acids is 1. The fraction of sp³-hybridized carbons (Fsp3) is 0.0455. The Kier molecular flexibility index (Phi) is 5.66. The van der Waals surface area contributed by atoms with E-state index in [1.165, 1.54) is 12.1 Å². The number of tetrazole rings is 1. The molecule has 1 heterocycles. The third-order valence-electron chi connectivity index (χ3n) is 4.23. The van der Waals surface area contributed by atoms with Gasteiger partial charge in [0, 0.05) is 16.7 Å². The van der Waals surface area contributed by atoms with Crippen LogP contribution in [-0.2, 0) is 11.3 Å². The number of amides is 1. The predicted octanol–water partition coefficient (Wildman–Crippen LogP) is 3.05. The summed E-state index contributed by atoms with van der Waals surface area (Å²) in [5.74, 6) is -0.445. The van der Waals surface area contributed by atoms with Crippen molar-refractivity contribution in [2.45, 2.75) is 6.54 Å². The van der Waals surface area contributed by atoms with Crippen molar-refractivity contribution in [2.75, 3.05) is 0 Å². The van der Waals surface area contributed by atoms with Crippen LogP contribution in [0.5, 0.6) is 0 Å². The Morgan fingerprint density at radius 3 is 2.10 bits per heavy atom. The second-order valence-corrected chi connectivity index (χ2v) is 6.38. The first-order chi connectivity index (χ1) is 14.7. The summed E-state index contributed by atoms with van der Waals surface area (Å²) < 4.78 is 13.0. The van der Waals surface area contributed by atoms with Gasteiger partial charge in [-0.05, 0) is 29.5 Å². The van der Waals surface area contributed by atoms with Gasteiger partial charge in [-0.25, -0.2) is 9.82 Å². The number of hydrogen-bond donors (Lipinski definition) is 1.